The first-order valence-electron chi connectivity index (χ1n) is 6.03. The van der Waals surface area contributed by atoms with Gasteiger partial charge < -0.3 is 4.74 Å². The summed E-state index contributed by atoms with van der Waals surface area (Å²) >= 11 is 0. The van der Waals surface area contributed by atoms with Crippen LogP contribution in [-0.2, 0) is 4.74 Å². The van der Waals surface area contributed by atoms with E-state index < -0.39 is 0 Å². The van der Waals surface area contributed by atoms with E-state index in [2.05, 4.69) is 27.7 Å². The summed E-state index contributed by atoms with van der Waals surface area (Å²) in [7, 11) is 1.80. The lowest BCUT2D eigenvalue weighted by atomic mass is 9.98. The zero-order valence-corrected chi connectivity index (χ0v) is 10.7. The van der Waals surface area contributed by atoms with Crippen LogP contribution >= 0.6 is 0 Å². The molecule has 0 saturated heterocycles. The molecule has 0 amide bonds. The summed E-state index contributed by atoms with van der Waals surface area (Å²) in [5.74, 6) is 0.866. The van der Waals surface area contributed by atoms with Gasteiger partial charge in [-0.1, -0.05) is 46.0 Å². The van der Waals surface area contributed by atoms with Gasteiger partial charge >= 0.3 is 0 Å². The second kappa shape index (κ2) is 7.28. The average Bonchev–Trinajstić information content (AvgIpc) is 2.10. The van der Waals surface area contributed by atoms with Gasteiger partial charge in [0.25, 0.3) is 0 Å². The minimum atomic E-state index is 0.0814. The van der Waals surface area contributed by atoms with Crippen LogP contribution in [0.5, 0.6) is 0 Å². The fourth-order valence-electron chi connectivity index (χ4n) is 1.56. The molecule has 0 heterocycles. The van der Waals surface area contributed by atoms with Crippen molar-refractivity contribution in [3.63, 3.8) is 0 Å². The van der Waals surface area contributed by atoms with Gasteiger partial charge in [0.15, 0.2) is 0 Å². The summed E-state index contributed by atoms with van der Waals surface area (Å²) in [6.07, 6.45) is 8.01. The fourth-order valence-corrected chi connectivity index (χ4v) is 1.56. The summed E-state index contributed by atoms with van der Waals surface area (Å²) in [5, 5.41) is 0. The molecule has 86 valence electrons. The maximum Gasteiger partial charge on any atom is 0.0622 e. The Kier molecular flexibility index (Phi) is 7.26. The van der Waals surface area contributed by atoms with E-state index >= 15 is 0 Å². The molecule has 1 heteroatoms. The van der Waals surface area contributed by atoms with Gasteiger partial charge in [-0.25, -0.2) is 0 Å². The molecule has 0 unspecified atom stereocenters. The number of hydrogen-bond donors (Lipinski definition) is 0. The zero-order chi connectivity index (χ0) is 11.0. The molecule has 0 aromatic carbocycles. The van der Waals surface area contributed by atoms with E-state index in [0.717, 1.165) is 5.92 Å². The van der Waals surface area contributed by atoms with Crippen LogP contribution in [0, 0.1) is 5.92 Å². The Morgan fingerprint density at radius 2 is 1.57 bits per heavy atom. The highest BCUT2D eigenvalue weighted by Gasteiger charge is 2.14. The van der Waals surface area contributed by atoms with Crippen molar-refractivity contribution in [3.05, 3.63) is 0 Å². The van der Waals surface area contributed by atoms with Crippen molar-refractivity contribution in [1.29, 1.82) is 0 Å². The van der Waals surface area contributed by atoms with Crippen LogP contribution in [0.25, 0.3) is 0 Å². The van der Waals surface area contributed by atoms with E-state index in [9.17, 15) is 0 Å². The molecule has 0 fully saturated rings. The molecule has 0 aromatic heterocycles. The Balaban J connectivity index is 3.21. The van der Waals surface area contributed by atoms with Crippen LogP contribution in [0.2, 0.25) is 0 Å². The average molecular weight is 200 g/mol. The molecular formula is C13H28O. The first-order chi connectivity index (χ1) is 6.48. The number of unbranched alkanes of at least 4 members (excludes halogenated alkanes) is 3. The Morgan fingerprint density at radius 3 is 2.07 bits per heavy atom. The highest BCUT2D eigenvalue weighted by molar-refractivity contribution is 4.67. The van der Waals surface area contributed by atoms with E-state index in [1.54, 1.807) is 7.11 Å². The van der Waals surface area contributed by atoms with Gasteiger partial charge in [-0.3, -0.25) is 0 Å². The fraction of sp³-hybridized carbons (Fsp3) is 1.00. The molecule has 0 aromatic rings. The van der Waals surface area contributed by atoms with Crippen molar-refractivity contribution in [1.82, 2.24) is 0 Å². The van der Waals surface area contributed by atoms with Gasteiger partial charge in [0, 0.05) is 7.11 Å². The molecule has 0 atom stereocenters. The molecule has 0 N–H and O–H groups in total. The Hall–Kier alpha value is -0.0400. The maximum absolute atomic E-state index is 5.38. The van der Waals surface area contributed by atoms with Crippen LogP contribution in [0.3, 0.4) is 0 Å². The standard InChI is InChI=1S/C13H28O/c1-12(2)10-8-6-7-9-11-13(3,4)14-5/h12H,6-11H2,1-5H3. The second-order valence-electron chi connectivity index (χ2n) is 5.31. The number of ether oxygens (including phenoxy) is 1. The third-order valence-corrected chi connectivity index (χ3v) is 2.86. The molecule has 0 bridgehead atoms. The van der Waals surface area contributed by atoms with Crippen LogP contribution in [0.1, 0.15) is 66.2 Å². The van der Waals surface area contributed by atoms with Crippen LogP contribution < -0.4 is 0 Å². The van der Waals surface area contributed by atoms with Gasteiger partial charge in [-0.2, -0.15) is 0 Å². The summed E-state index contributed by atoms with van der Waals surface area (Å²) < 4.78 is 5.38. The molecule has 0 rings (SSSR count). The minimum absolute atomic E-state index is 0.0814. The third-order valence-electron chi connectivity index (χ3n) is 2.86. The largest absolute Gasteiger partial charge is 0.379 e. The highest BCUT2D eigenvalue weighted by Crippen LogP contribution is 2.18. The van der Waals surface area contributed by atoms with Crippen molar-refractivity contribution in [2.75, 3.05) is 7.11 Å². The van der Waals surface area contributed by atoms with E-state index in [1.807, 2.05) is 0 Å². The first kappa shape index (κ1) is 14.0. The molecule has 0 aliphatic carbocycles. The molecule has 0 radical (unpaired) electrons. The summed E-state index contributed by atoms with van der Waals surface area (Å²) in [6, 6.07) is 0. The smallest absolute Gasteiger partial charge is 0.0622 e. The van der Waals surface area contributed by atoms with Gasteiger partial charge in [0.2, 0.25) is 0 Å². The maximum atomic E-state index is 5.38. The Morgan fingerprint density at radius 1 is 1.00 bits per heavy atom. The van der Waals surface area contributed by atoms with Gasteiger partial charge in [-0.15, -0.1) is 0 Å². The predicted octanol–water partition coefficient (Wildman–Crippen LogP) is 4.41. The first-order valence-corrected chi connectivity index (χ1v) is 6.03. The van der Waals surface area contributed by atoms with Gasteiger partial charge in [-0.05, 0) is 26.2 Å². The van der Waals surface area contributed by atoms with E-state index in [1.165, 1.54) is 38.5 Å². The normalized spacial score (nSPS) is 12.4. The molecule has 0 aliphatic heterocycles. The van der Waals surface area contributed by atoms with E-state index in [4.69, 9.17) is 4.74 Å². The van der Waals surface area contributed by atoms with Crippen molar-refractivity contribution >= 4 is 0 Å². The molecule has 0 spiro atoms. The third kappa shape index (κ3) is 8.55. The van der Waals surface area contributed by atoms with Crippen molar-refractivity contribution < 1.29 is 4.74 Å². The molecule has 1 nitrogen and oxygen atoms in total. The monoisotopic (exact) mass is 200 g/mol. The Labute approximate surface area is 90.2 Å². The van der Waals surface area contributed by atoms with Gasteiger partial charge in [0.1, 0.15) is 0 Å². The van der Waals surface area contributed by atoms with E-state index in [0.29, 0.717) is 0 Å². The lowest BCUT2D eigenvalue weighted by molar-refractivity contribution is 0.0134. The summed E-state index contributed by atoms with van der Waals surface area (Å²) in [6.45, 7) is 8.93. The topological polar surface area (TPSA) is 9.23 Å². The number of hydrogen-bond acceptors (Lipinski definition) is 1. The number of methoxy groups -OCH3 is 1. The van der Waals surface area contributed by atoms with Crippen LogP contribution in [0.4, 0.5) is 0 Å². The van der Waals surface area contributed by atoms with E-state index in [-0.39, 0.29) is 5.60 Å². The Bertz CT molecular complexity index is 127. The zero-order valence-electron chi connectivity index (χ0n) is 10.7. The quantitative estimate of drug-likeness (QED) is 0.527. The summed E-state index contributed by atoms with van der Waals surface area (Å²) in [4.78, 5) is 0. The predicted molar refractivity (Wildman–Crippen MR) is 63.6 cm³/mol. The molecule has 0 aliphatic rings. The molecular weight excluding hydrogens is 172 g/mol. The van der Waals surface area contributed by atoms with Crippen molar-refractivity contribution in [2.24, 2.45) is 5.92 Å². The SMILES string of the molecule is COC(C)(C)CCCCCCC(C)C. The lowest BCUT2D eigenvalue weighted by Crippen LogP contribution is -2.21. The second-order valence-corrected chi connectivity index (χ2v) is 5.31. The lowest BCUT2D eigenvalue weighted by Gasteiger charge is -2.22. The van der Waals surface area contributed by atoms with Gasteiger partial charge in [0.05, 0.1) is 5.60 Å². The van der Waals surface area contributed by atoms with Crippen molar-refractivity contribution in [2.45, 2.75) is 71.8 Å². The van der Waals surface area contributed by atoms with Crippen LogP contribution in [0.15, 0.2) is 0 Å². The molecule has 14 heavy (non-hydrogen) atoms. The summed E-state index contributed by atoms with van der Waals surface area (Å²) in [5.41, 5.74) is 0.0814. The van der Waals surface area contributed by atoms with Crippen LogP contribution in [-0.4, -0.2) is 12.7 Å². The highest BCUT2D eigenvalue weighted by atomic mass is 16.5. The van der Waals surface area contributed by atoms with Crippen molar-refractivity contribution in [3.8, 4) is 0 Å². The molecule has 0 saturated carbocycles. The minimum Gasteiger partial charge on any atom is -0.379 e. The number of rotatable bonds is 8.